The highest BCUT2D eigenvalue weighted by molar-refractivity contribution is 6.71. The second-order valence-corrected chi connectivity index (χ2v) is 3.93. The van der Waals surface area contributed by atoms with Gasteiger partial charge in [-0.05, 0) is 23.2 Å². The summed E-state index contributed by atoms with van der Waals surface area (Å²) in [5.41, 5.74) is 2.73. The highest BCUT2D eigenvalue weighted by Crippen LogP contribution is 2.17. The van der Waals surface area contributed by atoms with Crippen LogP contribution in [0.4, 0.5) is 5.69 Å². The SMILES string of the molecule is OB1c2ccccc2C=NN1c1ccccc1. The molecular weight excluding hydrogens is 211 g/mol. The number of fused-ring (bicyclic) bond motifs is 1. The molecule has 0 spiro atoms. The van der Waals surface area contributed by atoms with Crippen molar-refractivity contribution in [3.8, 4) is 0 Å². The molecule has 2 aromatic rings. The highest BCUT2D eigenvalue weighted by atomic mass is 16.2. The molecule has 82 valence electrons. The number of hydrogen-bond donors (Lipinski definition) is 1. The van der Waals surface area contributed by atoms with Gasteiger partial charge in [0, 0.05) is 5.69 Å². The molecule has 0 bridgehead atoms. The molecule has 0 fully saturated rings. The number of hydrogen-bond acceptors (Lipinski definition) is 3. The molecule has 17 heavy (non-hydrogen) atoms. The third kappa shape index (κ3) is 1.72. The maximum Gasteiger partial charge on any atom is 0.471 e. The lowest BCUT2D eigenvalue weighted by Crippen LogP contribution is -2.50. The summed E-state index contributed by atoms with van der Waals surface area (Å²) in [5.74, 6) is 0. The molecule has 3 nitrogen and oxygen atoms in total. The molecule has 3 rings (SSSR count). The first-order valence-corrected chi connectivity index (χ1v) is 5.51. The minimum absolute atomic E-state index is 0.724. The smallest absolute Gasteiger partial charge is 0.427 e. The van der Waals surface area contributed by atoms with Gasteiger partial charge < -0.3 is 5.02 Å². The minimum Gasteiger partial charge on any atom is -0.427 e. The Hall–Kier alpha value is -2.07. The van der Waals surface area contributed by atoms with E-state index in [0.29, 0.717) is 0 Å². The van der Waals surface area contributed by atoms with Crippen LogP contribution in [-0.2, 0) is 0 Å². The average Bonchev–Trinajstić information content (AvgIpc) is 2.40. The van der Waals surface area contributed by atoms with Gasteiger partial charge in [0.2, 0.25) is 0 Å². The predicted octanol–water partition coefficient (Wildman–Crippen LogP) is 1.23. The van der Waals surface area contributed by atoms with Crippen molar-refractivity contribution in [2.24, 2.45) is 5.10 Å². The zero-order chi connectivity index (χ0) is 11.7. The van der Waals surface area contributed by atoms with Gasteiger partial charge in [0.1, 0.15) is 0 Å². The zero-order valence-electron chi connectivity index (χ0n) is 9.19. The lowest BCUT2D eigenvalue weighted by atomic mass is 9.69. The second-order valence-electron chi connectivity index (χ2n) is 3.93. The van der Waals surface area contributed by atoms with E-state index in [2.05, 4.69) is 5.10 Å². The number of anilines is 1. The van der Waals surface area contributed by atoms with E-state index in [0.717, 1.165) is 16.7 Å². The summed E-state index contributed by atoms with van der Waals surface area (Å²) < 4.78 is 0. The summed E-state index contributed by atoms with van der Waals surface area (Å²) in [7, 11) is -0.724. The van der Waals surface area contributed by atoms with Crippen molar-refractivity contribution in [1.29, 1.82) is 0 Å². The quantitative estimate of drug-likeness (QED) is 0.736. The molecule has 0 unspecified atom stereocenters. The molecule has 0 radical (unpaired) electrons. The topological polar surface area (TPSA) is 35.8 Å². The summed E-state index contributed by atoms with van der Waals surface area (Å²) >= 11 is 0. The van der Waals surface area contributed by atoms with Crippen LogP contribution in [0.5, 0.6) is 0 Å². The molecule has 1 heterocycles. The molecule has 2 aromatic carbocycles. The van der Waals surface area contributed by atoms with Crippen molar-refractivity contribution in [3.63, 3.8) is 0 Å². The fourth-order valence-electron chi connectivity index (χ4n) is 1.97. The van der Waals surface area contributed by atoms with Crippen molar-refractivity contribution in [2.45, 2.75) is 0 Å². The summed E-state index contributed by atoms with van der Waals surface area (Å²) in [6.07, 6.45) is 1.77. The van der Waals surface area contributed by atoms with E-state index < -0.39 is 7.05 Å². The number of para-hydroxylation sites is 1. The van der Waals surface area contributed by atoms with Gasteiger partial charge in [-0.2, -0.15) is 5.10 Å². The van der Waals surface area contributed by atoms with Gasteiger partial charge in [-0.1, -0.05) is 42.5 Å². The monoisotopic (exact) mass is 222 g/mol. The van der Waals surface area contributed by atoms with Crippen molar-refractivity contribution in [3.05, 3.63) is 60.2 Å². The molecule has 0 aromatic heterocycles. The first-order chi connectivity index (χ1) is 8.36. The Kier molecular flexibility index (Phi) is 2.42. The molecule has 1 aliphatic heterocycles. The molecule has 0 saturated heterocycles. The van der Waals surface area contributed by atoms with E-state index in [-0.39, 0.29) is 0 Å². The summed E-state index contributed by atoms with van der Waals surface area (Å²) in [6, 6.07) is 17.4. The number of rotatable bonds is 1. The van der Waals surface area contributed by atoms with Gasteiger partial charge in [0.15, 0.2) is 0 Å². The maximum atomic E-state index is 10.3. The number of nitrogens with zero attached hydrogens (tertiary/aromatic N) is 2. The molecule has 0 amide bonds. The van der Waals surface area contributed by atoms with Crippen LogP contribution in [0.2, 0.25) is 0 Å². The van der Waals surface area contributed by atoms with Crippen molar-refractivity contribution in [2.75, 3.05) is 4.92 Å². The molecule has 1 N–H and O–H groups in total. The predicted molar refractivity (Wildman–Crippen MR) is 70.6 cm³/mol. The van der Waals surface area contributed by atoms with E-state index in [9.17, 15) is 5.02 Å². The Morgan fingerprint density at radius 1 is 0.941 bits per heavy atom. The third-order valence-corrected chi connectivity index (χ3v) is 2.85. The molecule has 4 heteroatoms. The average molecular weight is 222 g/mol. The van der Waals surface area contributed by atoms with E-state index in [1.54, 1.807) is 11.1 Å². The summed E-state index contributed by atoms with van der Waals surface area (Å²) in [4.78, 5) is 1.61. The Morgan fingerprint density at radius 3 is 2.47 bits per heavy atom. The standard InChI is InChI=1S/C13H11BN2O/c17-14-13-9-5-4-6-11(13)10-15-16(14)12-7-2-1-3-8-12/h1-10,17H. The van der Waals surface area contributed by atoms with E-state index in [4.69, 9.17) is 0 Å². The van der Waals surface area contributed by atoms with Crippen LogP contribution >= 0.6 is 0 Å². The van der Waals surface area contributed by atoms with Crippen LogP contribution in [0, 0.1) is 0 Å². The van der Waals surface area contributed by atoms with Gasteiger partial charge >= 0.3 is 7.05 Å². The minimum atomic E-state index is -0.724. The highest BCUT2D eigenvalue weighted by Gasteiger charge is 2.29. The van der Waals surface area contributed by atoms with Crippen molar-refractivity contribution in [1.82, 2.24) is 0 Å². The van der Waals surface area contributed by atoms with Crippen molar-refractivity contribution < 1.29 is 5.02 Å². The van der Waals surface area contributed by atoms with Crippen LogP contribution in [0.15, 0.2) is 59.7 Å². The van der Waals surface area contributed by atoms with Crippen LogP contribution in [0.3, 0.4) is 0 Å². The zero-order valence-corrected chi connectivity index (χ0v) is 9.19. The van der Waals surface area contributed by atoms with Crippen LogP contribution in [0.25, 0.3) is 0 Å². The van der Waals surface area contributed by atoms with Crippen molar-refractivity contribution >= 4 is 24.4 Å². The molecular formula is C13H11BN2O. The van der Waals surface area contributed by atoms with E-state index in [1.807, 2.05) is 54.6 Å². The first kappa shape index (κ1) is 10.1. The van der Waals surface area contributed by atoms with Gasteiger partial charge in [-0.3, -0.25) is 4.92 Å². The second kappa shape index (κ2) is 4.07. The largest absolute Gasteiger partial charge is 0.471 e. The Morgan fingerprint density at radius 2 is 1.65 bits per heavy atom. The van der Waals surface area contributed by atoms with Gasteiger partial charge in [0.05, 0.1) is 6.21 Å². The Bertz CT molecular complexity index is 556. The third-order valence-electron chi connectivity index (χ3n) is 2.85. The van der Waals surface area contributed by atoms with Gasteiger partial charge in [-0.15, -0.1) is 0 Å². The number of hydrazone groups is 1. The van der Waals surface area contributed by atoms with Crippen LogP contribution < -0.4 is 10.4 Å². The van der Waals surface area contributed by atoms with E-state index in [1.165, 1.54) is 0 Å². The van der Waals surface area contributed by atoms with Crippen LogP contribution in [0.1, 0.15) is 5.56 Å². The maximum absolute atomic E-state index is 10.3. The van der Waals surface area contributed by atoms with Gasteiger partial charge in [-0.25, -0.2) is 0 Å². The summed E-state index contributed by atoms with van der Waals surface area (Å²) in [6.45, 7) is 0. The lowest BCUT2D eigenvalue weighted by molar-refractivity contribution is 0.578. The molecule has 0 atom stereocenters. The Balaban J connectivity index is 2.03. The van der Waals surface area contributed by atoms with Crippen LogP contribution in [-0.4, -0.2) is 18.3 Å². The Labute approximate surface area is 100 Å². The van der Waals surface area contributed by atoms with E-state index >= 15 is 0 Å². The lowest BCUT2D eigenvalue weighted by Gasteiger charge is -2.26. The number of benzene rings is 2. The molecule has 0 saturated carbocycles. The first-order valence-electron chi connectivity index (χ1n) is 5.51. The fourth-order valence-corrected chi connectivity index (χ4v) is 1.97. The van der Waals surface area contributed by atoms with Gasteiger partial charge in [0.25, 0.3) is 0 Å². The normalized spacial score (nSPS) is 13.7. The fraction of sp³-hybridized carbons (Fsp3) is 0. The summed E-state index contributed by atoms with van der Waals surface area (Å²) in [5, 5.41) is 14.6. The molecule has 1 aliphatic rings. The molecule has 0 aliphatic carbocycles.